The number of carbonyl (C=O) groups excluding carboxylic acids is 2. The van der Waals surface area contributed by atoms with Crippen molar-refractivity contribution in [3.8, 4) is 5.88 Å². The molecule has 166 valence electrons. The zero-order valence-electron chi connectivity index (χ0n) is 17.2. The minimum absolute atomic E-state index is 0.191. The zero-order valence-corrected chi connectivity index (χ0v) is 17.2. The van der Waals surface area contributed by atoms with Crippen LogP contribution >= 0.6 is 0 Å². The Labute approximate surface area is 181 Å². The highest BCUT2D eigenvalue weighted by atomic mass is 19.4. The molecule has 7 nitrogen and oxygen atoms in total. The Morgan fingerprint density at radius 3 is 2.47 bits per heavy atom. The van der Waals surface area contributed by atoms with Gasteiger partial charge in [-0.05, 0) is 37.1 Å². The van der Waals surface area contributed by atoms with Gasteiger partial charge in [-0.15, -0.1) is 0 Å². The lowest BCUT2D eigenvalue weighted by atomic mass is 9.84. The van der Waals surface area contributed by atoms with Crippen LogP contribution in [0.25, 0.3) is 0 Å². The Morgan fingerprint density at radius 2 is 1.88 bits per heavy atom. The molecule has 0 saturated heterocycles. The smallest absolute Gasteiger partial charge is 0.416 e. The van der Waals surface area contributed by atoms with E-state index in [0.29, 0.717) is 17.9 Å². The maximum atomic E-state index is 13.3. The van der Waals surface area contributed by atoms with Gasteiger partial charge in [0, 0.05) is 12.3 Å². The van der Waals surface area contributed by atoms with Gasteiger partial charge >= 0.3 is 6.18 Å². The van der Waals surface area contributed by atoms with Gasteiger partial charge in [-0.3, -0.25) is 14.3 Å². The number of hydrogen-bond donors (Lipinski definition) is 1. The molecule has 32 heavy (non-hydrogen) atoms. The number of halogens is 3. The van der Waals surface area contributed by atoms with E-state index in [1.54, 1.807) is 0 Å². The normalized spacial score (nSPS) is 18.2. The quantitative estimate of drug-likeness (QED) is 0.641. The zero-order chi connectivity index (χ0) is 23.0. The third-order valence-corrected chi connectivity index (χ3v) is 5.44. The highest BCUT2D eigenvalue weighted by Crippen LogP contribution is 2.39. The Balaban J connectivity index is 1.60. The van der Waals surface area contributed by atoms with Crippen LogP contribution in [0.1, 0.15) is 57.3 Å². The van der Waals surface area contributed by atoms with E-state index in [-0.39, 0.29) is 28.8 Å². The number of hydrogen-bond acceptors (Lipinski definition) is 5. The van der Waals surface area contributed by atoms with Gasteiger partial charge in [-0.1, -0.05) is 12.1 Å². The molecule has 1 amide bonds. The molecule has 0 bridgehead atoms. The summed E-state index contributed by atoms with van der Waals surface area (Å²) in [5, 5.41) is 6.92. The number of ketones is 1. The first-order chi connectivity index (χ1) is 15.2. The summed E-state index contributed by atoms with van der Waals surface area (Å²) in [6.45, 7) is 1.86. The summed E-state index contributed by atoms with van der Waals surface area (Å²) in [4.78, 5) is 29.9. The summed E-state index contributed by atoms with van der Waals surface area (Å²) >= 11 is 0. The molecule has 0 radical (unpaired) electrons. The SMILES string of the molecule is COc1ccc(C(=O)Nc2cnn3c2C(=O)C(c2ccc(C(F)(F)F)cc2)C[C@@H]3C)cn1. The van der Waals surface area contributed by atoms with Crippen LogP contribution < -0.4 is 10.1 Å². The molecular weight excluding hydrogens is 425 g/mol. The molecule has 1 unspecified atom stereocenters. The van der Waals surface area contributed by atoms with Crippen molar-refractivity contribution in [1.82, 2.24) is 14.8 Å². The highest BCUT2D eigenvalue weighted by Gasteiger charge is 2.37. The van der Waals surface area contributed by atoms with Gasteiger partial charge in [0.1, 0.15) is 5.69 Å². The fraction of sp³-hybridized carbons (Fsp3) is 0.273. The number of methoxy groups -OCH3 is 1. The maximum absolute atomic E-state index is 13.3. The summed E-state index contributed by atoms with van der Waals surface area (Å²) in [5.41, 5.74) is 0.423. The van der Waals surface area contributed by atoms with E-state index in [9.17, 15) is 22.8 Å². The van der Waals surface area contributed by atoms with Crippen LogP contribution in [0.3, 0.4) is 0 Å². The van der Waals surface area contributed by atoms with E-state index >= 15 is 0 Å². The number of aromatic nitrogens is 3. The van der Waals surface area contributed by atoms with Gasteiger partial charge in [0.2, 0.25) is 5.88 Å². The summed E-state index contributed by atoms with van der Waals surface area (Å²) in [5.74, 6) is -1.08. The molecule has 1 aromatic carbocycles. The fourth-order valence-electron chi connectivity index (χ4n) is 3.77. The predicted molar refractivity (Wildman–Crippen MR) is 109 cm³/mol. The average molecular weight is 444 g/mol. The van der Waals surface area contributed by atoms with E-state index in [2.05, 4.69) is 15.4 Å². The number of alkyl halides is 3. The van der Waals surface area contributed by atoms with Crippen molar-refractivity contribution in [2.45, 2.75) is 31.5 Å². The molecule has 3 aromatic rings. The molecule has 0 fully saturated rings. The Kier molecular flexibility index (Phi) is 5.45. The molecule has 1 aliphatic heterocycles. The van der Waals surface area contributed by atoms with Crippen LogP contribution in [-0.4, -0.2) is 33.6 Å². The van der Waals surface area contributed by atoms with Crippen LogP contribution in [0.4, 0.5) is 18.9 Å². The minimum atomic E-state index is -4.45. The van der Waals surface area contributed by atoms with E-state index in [1.165, 1.54) is 48.5 Å². The second-order valence-corrected chi connectivity index (χ2v) is 7.52. The third-order valence-electron chi connectivity index (χ3n) is 5.44. The van der Waals surface area contributed by atoms with Gasteiger partial charge in [0.25, 0.3) is 5.91 Å². The van der Waals surface area contributed by atoms with Crippen LogP contribution in [0, 0.1) is 0 Å². The molecule has 2 atom stereocenters. The number of nitrogens with one attached hydrogen (secondary N) is 1. The molecule has 0 saturated carbocycles. The summed E-state index contributed by atoms with van der Waals surface area (Å²) in [6.07, 6.45) is -1.32. The highest BCUT2D eigenvalue weighted by molar-refractivity contribution is 6.10. The van der Waals surface area contributed by atoms with Crippen molar-refractivity contribution in [3.05, 3.63) is 71.2 Å². The number of rotatable bonds is 4. The number of ether oxygens (including phenoxy) is 1. The second-order valence-electron chi connectivity index (χ2n) is 7.52. The lowest BCUT2D eigenvalue weighted by Gasteiger charge is -2.28. The second kappa shape index (κ2) is 8.10. The van der Waals surface area contributed by atoms with E-state index in [0.717, 1.165) is 12.1 Å². The fourth-order valence-corrected chi connectivity index (χ4v) is 3.77. The summed E-state index contributed by atoms with van der Waals surface area (Å²) in [7, 11) is 1.46. The van der Waals surface area contributed by atoms with Gasteiger partial charge < -0.3 is 10.1 Å². The lowest BCUT2D eigenvalue weighted by molar-refractivity contribution is -0.137. The van der Waals surface area contributed by atoms with Gasteiger partial charge in [-0.25, -0.2) is 4.98 Å². The molecule has 1 aliphatic rings. The van der Waals surface area contributed by atoms with Crippen molar-refractivity contribution >= 4 is 17.4 Å². The average Bonchev–Trinajstić information content (AvgIpc) is 3.20. The number of anilines is 1. The Morgan fingerprint density at radius 1 is 1.16 bits per heavy atom. The van der Waals surface area contributed by atoms with Crippen molar-refractivity contribution in [1.29, 1.82) is 0 Å². The van der Waals surface area contributed by atoms with Crippen molar-refractivity contribution in [2.75, 3.05) is 12.4 Å². The predicted octanol–water partition coefficient (Wildman–Crippen LogP) is 4.49. The molecule has 3 heterocycles. The molecule has 1 N–H and O–H groups in total. The molecule has 0 spiro atoms. The number of amides is 1. The molecular formula is C22H19F3N4O3. The number of fused-ring (bicyclic) bond motifs is 1. The van der Waals surface area contributed by atoms with Crippen molar-refractivity contribution < 1.29 is 27.5 Å². The number of nitrogens with zero attached hydrogens (tertiary/aromatic N) is 3. The molecule has 10 heteroatoms. The first kappa shape index (κ1) is 21.5. The molecule has 0 aliphatic carbocycles. The number of carbonyl (C=O) groups is 2. The first-order valence-electron chi connectivity index (χ1n) is 9.79. The van der Waals surface area contributed by atoms with Gasteiger partial charge in [0.15, 0.2) is 5.78 Å². The van der Waals surface area contributed by atoms with Gasteiger partial charge in [0.05, 0.1) is 42.1 Å². The minimum Gasteiger partial charge on any atom is -0.481 e. The monoisotopic (exact) mass is 444 g/mol. The third kappa shape index (κ3) is 3.95. The van der Waals surface area contributed by atoms with Crippen LogP contribution in [0.5, 0.6) is 5.88 Å². The van der Waals surface area contributed by atoms with E-state index in [1.807, 2.05) is 6.92 Å². The van der Waals surface area contributed by atoms with Gasteiger partial charge in [-0.2, -0.15) is 18.3 Å². The first-order valence-corrected chi connectivity index (χ1v) is 9.79. The Bertz CT molecular complexity index is 1150. The number of pyridine rings is 1. The molecule has 2 aromatic heterocycles. The summed E-state index contributed by atoms with van der Waals surface area (Å²) in [6, 6.07) is 7.47. The van der Waals surface area contributed by atoms with Crippen molar-refractivity contribution in [2.24, 2.45) is 0 Å². The topological polar surface area (TPSA) is 86.1 Å². The number of Topliss-reactive ketones (excluding diaryl/α,β-unsaturated/α-hetero) is 1. The lowest BCUT2D eigenvalue weighted by Crippen LogP contribution is -2.29. The number of benzene rings is 1. The largest absolute Gasteiger partial charge is 0.481 e. The van der Waals surface area contributed by atoms with Crippen molar-refractivity contribution in [3.63, 3.8) is 0 Å². The summed E-state index contributed by atoms with van der Waals surface area (Å²) < 4.78 is 45.2. The molecule has 4 rings (SSSR count). The standard InChI is InChI=1S/C22H19F3N4O3/c1-12-9-16(13-3-6-15(7-4-13)22(23,24)25)20(30)19-17(11-27-29(12)19)28-21(31)14-5-8-18(32-2)26-10-14/h3-8,10-12,16H,9H2,1-2H3,(H,28,31)/t12-,16?/m0/s1. The van der Waals surface area contributed by atoms with E-state index in [4.69, 9.17) is 4.74 Å². The van der Waals surface area contributed by atoms with Crippen LogP contribution in [0.15, 0.2) is 48.8 Å². The van der Waals surface area contributed by atoms with E-state index < -0.39 is 23.6 Å². The van der Waals surface area contributed by atoms with Crippen LogP contribution in [0.2, 0.25) is 0 Å². The van der Waals surface area contributed by atoms with Crippen LogP contribution in [-0.2, 0) is 6.18 Å². The maximum Gasteiger partial charge on any atom is 0.416 e. The Hall–Kier alpha value is -3.69.